The van der Waals surface area contributed by atoms with E-state index in [2.05, 4.69) is 32.9 Å². The summed E-state index contributed by atoms with van der Waals surface area (Å²) in [6.45, 7) is 7.06. The van der Waals surface area contributed by atoms with Crippen molar-refractivity contribution in [2.75, 3.05) is 32.7 Å². The molecule has 5 rings (SSSR count). The maximum absolute atomic E-state index is 11.1. The molecule has 0 amide bonds. The van der Waals surface area contributed by atoms with Crippen molar-refractivity contribution in [3.63, 3.8) is 0 Å². The van der Waals surface area contributed by atoms with Crippen LogP contribution in [-0.4, -0.2) is 62.2 Å². The van der Waals surface area contributed by atoms with Crippen molar-refractivity contribution in [3.05, 3.63) is 58.1 Å². The highest BCUT2D eigenvalue weighted by Gasteiger charge is 2.31. The van der Waals surface area contributed by atoms with E-state index >= 15 is 0 Å². The van der Waals surface area contributed by atoms with Gasteiger partial charge in [0.25, 0.3) is 0 Å². The first-order valence-electron chi connectivity index (χ1n) is 9.98. The van der Waals surface area contributed by atoms with E-state index in [1.807, 2.05) is 18.2 Å². The number of likely N-dealkylation sites (N-methyl/N-ethyl adjacent to an activating group) is 1. The predicted molar refractivity (Wildman–Crippen MR) is 117 cm³/mol. The molecule has 1 atom stereocenters. The Labute approximate surface area is 183 Å². The van der Waals surface area contributed by atoms with Crippen molar-refractivity contribution < 1.29 is 9.52 Å². The number of hydrogen-bond donors (Lipinski definition) is 1. The van der Waals surface area contributed by atoms with Gasteiger partial charge in [0.05, 0.1) is 17.2 Å². The Morgan fingerprint density at radius 2 is 2.03 bits per heavy atom. The average Bonchev–Trinajstić information content (AvgIpc) is 3.48. The monoisotopic (exact) mass is 443 g/mol. The third-order valence-corrected chi connectivity index (χ3v) is 6.88. The number of hydrogen-bond acceptors (Lipinski definition) is 7. The van der Waals surface area contributed by atoms with E-state index in [0.29, 0.717) is 21.6 Å². The fourth-order valence-corrected chi connectivity index (χ4v) is 5.30. The number of piperazine rings is 1. The van der Waals surface area contributed by atoms with Gasteiger partial charge in [-0.15, -0.1) is 5.10 Å². The number of fused-ring (bicyclic) bond motifs is 1. The van der Waals surface area contributed by atoms with Crippen LogP contribution in [0.3, 0.4) is 0 Å². The zero-order valence-electron chi connectivity index (χ0n) is 16.5. The van der Waals surface area contributed by atoms with Gasteiger partial charge in [0, 0.05) is 31.2 Å². The number of halogens is 1. The number of aromatic nitrogens is 3. The molecule has 9 heteroatoms. The lowest BCUT2D eigenvalue weighted by Gasteiger charge is -2.38. The first kappa shape index (κ1) is 19.6. The van der Waals surface area contributed by atoms with Gasteiger partial charge in [0.15, 0.2) is 5.76 Å². The first-order chi connectivity index (χ1) is 14.6. The highest BCUT2D eigenvalue weighted by Crippen LogP contribution is 2.41. The van der Waals surface area contributed by atoms with Gasteiger partial charge in [-0.3, -0.25) is 4.90 Å². The van der Waals surface area contributed by atoms with E-state index in [9.17, 15) is 5.11 Å². The number of thiazole rings is 1. The van der Waals surface area contributed by atoms with E-state index in [4.69, 9.17) is 16.0 Å². The van der Waals surface area contributed by atoms with Gasteiger partial charge >= 0.3 is 0 Å². The molecular weight excluding hydrogens is 422 g/mol. The summed E-state index contributed by atoms with van der Waals surface area (Å²) in [5.41, 5.74) is 1.05. The smallest absolute Gasteiger partial charge is 0.230 e. The number of furan rings is 1. The Morgan fingerprint density at radius 3 is 2.70 bits per heavy atom. The van der Waals surface area contributed by atoms with Crippen molar-refractivity contribution in [2.45, 2.75) is 13.0 Å². The second-order valence-electron chi connectivity index (χ2n) is 7.32. The molecular formula is C21H22ClN5O2S. The van der Waals surface area contributed by atoms with Crippen LogP contribution in [0.2, 0.25) is 5.02 Å². The number of nitrogens with zero attached hydrogens (tertiary/aromatic N) is 5. The molecule has 4 aromatic rings. The zero-order valence-corrected chi connectivity index (χ0v) is 18.1. The molecule has 7 nitrogen and oxygen atoms in total. The van der Waals surface area contributed by atoms with Crippen LogP contribution in [0.25, 0.3) is 16.5 Å². The normalized spacial score (nSPS) is 17.0. The topological polar surface area (TPSA) is 70.0 Å². The fourth-order valence-electron chi connectivity index (χ4n) is 3.98. The second kappa shape index (κ2) is 8.03. The maximum atomic E-state index is 11.1. The lowest BCUT2D eigenvalue weighted by Crippen LogP contribution is -2.47. The van der Waals surface area contributed by atoms with Gasteiger partial charge in [0.1, 0.15) is 0 Å². The summed E-state index contributed by atoms with van der Waals surface area (Å²) in [6.07, 6.45) is 1.58. The molecule has 1 saturated heterocycles. The zero-order chi connectivity index (χ0) is 20.7. The van der Waals surface area contributed by atoms with Crippen molar-refractivity contribution in [1.29, 1.82) is 0 Å². The molecule has 0 radical (unpaired) electrons. The Hall–Kier alpha value is -2.39. The summed E-state index contributed by atoms with van der Waals surface area (Å²) in [7, 11) is 0. The van der Waals surface area contributed by atoms with Gasteiger partial charge in [-0.05, 0) is 36.4 Å². The molecule has 30 heavy (non-hydrogen) atoms. The SMILES string of the molecule is CCN1CCN([C@H](c2cccc(Cl)c2)c2sc3nc(-c4ccco4)nn3c2O)CC1. The standard InChI is InChI=1S/C21H22ClN5O2S/c1-2-25-8-10-26(11-9-25)17(14-5-3-6-15(22)13-14)18-20(28)27-21(30-18)23-19(24-27)16-7-4-12-29-16/h3-7,12-13,17,28H,2,8-11H2,1H3/t17-/m1/s1. The predicted octanol–water partition coefficient (Wildman–Crippen LogP) is 4.14. The molecule has 156 valence electrons. The van der Waals surface area contributed by atoms with E-state index in [1.54, 1.807) is 18.4 Å². The molecule has 0 bridgehead atoms. The number of aromatic hydroxyl groups is 1. The van der Waals surface area contributed by atoms with Crippen LogP contribution in [0.15, 0.2) is 47.1 Å². The van der Waals surface area contributed by atoms with Gasteiger partial charge in [-0.2, -0.15) is 9.50 Å². The minimum atomic E-state index is -0.108. The van der Waals surface area contributed by atoms with Gasteiger partial charge in [-0.25, -0.2) is 0 Å². The maximum Gasteiger partial charge on any atom is 0.230 e. The minimum Gasteiger partial charge on any atom is -0.492 e. The summed E-state index contributed by atoms with van der Waals surface area (Å²) in [5, 5.41) is 16.2. The lowest BCUT2D eigenvalue weighted by molar-refractivity contribution is 0.113. The van der Waals surface area contributed by atoms with E-state index < -0.39 is 0 Å². The number of rotatable bonds is 5. The Morgan fingerprint density at radius 1 is 1.20 bits per heavy atom. The van der Waals surface area contributed by atoms with Gasteiger partial charge in [-0.1, -0.05) is 42.0 Å². The molecule has 0 saturated carbocycles. The summed E-state index contributed by atoms with van der Waals surface area (Å²) in [4.78, 5) is 10.9. The van der Waals surface area contributed by atoms with Crippen molar-refractivity contribution in [2.24, 2.45) is 0 Å². The van der Waals surface area contributed by atoms with E-state index in [0.717, 1.165) is 43.2 Å². The molecule has 0 unspecified atom stereocenters. The lowest BCUT2D eigenvalue weighted by atomic mass is 10.0. The van der Waals surface area contributed by atoms with Crippen molar-refractivity contribution in [1.82, 2.24) is 24.4 Å². The van der Waals surface area contributed by atoms with Gasteiger partial charge < -0.3 is 14.4 Å². The molecule has 1 aliphatic heterocycles. The molecule has 1 fully saturated rings. The van der Waals surface area contributed by atoms with E-state index in [1.165, 1.54) is 15.9 Å². The van der Waals surface area contributed by atoms with Crippen molar-refractivity contribution in [3.8, 4) is 17.5 Å². The summed E-state index contributed by atoms with van der Waals surface area (Å²) in [6, 6.07) is 11.4. The van der Waals surface area contributed by atoms with E-state index in [-0.39, 0.29) is 11.9 Å². The van der Waals surface area contributed by atoms with Crippen LogP contribution in [0.1, 0.15) is 23.4 Å². The summed E-state index contributed by atoms with van der Waals surface area (Å²) >= 11 is 7.76. The van der Waals surface area contributed by atoms with Crippen LogP contribution in [0.5, 0.6) is 5.88 Å². The Balaban J connectivity index is 1.56. The van der Waals surface area contributed by atoms with Crippen molar-refractivity contribution >= 4 is 27.9 Å². The molecule has 0 aliphatic carbocycles. The third kappa shape index (κ3) is 3.50. The minimum absolute atomic E-state index is 0.108. The molecule has 1 N–H and O–H groups in total. The largest absolute Gasteiger partial charge is 0.492 e. The third-order valence-electron chi connectivity index (χ3n) is 5.57. The highest BCUT2D eigenvalue weighted by atomic mass is 35.5. The summed E-state index contributed by atoms with van der Waals surface area (Å²) < 4.78 is 6.89. The molecule has 1 aromatic carbocycles. The van der Waals surface area contributed by atoms with Crippen LogP contribution in [0, 0.1) is 0 Å². The van der Waals surface area contributed by atoms with Crippen LogP contribution in [-0.2, 0) is 0 Å². The quantitative estimate of drug-likeness (QED) is 0.500. The van der Waals surface area contributed by atoms with Gasteiger partial charge in [0.2, 0.25) is 16.7 Å². The second-order valence-corrected chi connectivity index (χ2v) is 8.77. The number of benzene rings is 1. The molecule has 4 heterocycles. The molecule has 3 aromatic heterocycles. The first-order valence-corrected chi connectivity index (χ1v) is 11.2. The Kier molecular flexibility index (Phi) is 5.24. The fraction of sp³-hybridized carbons (Fsp3) is 0.333. The average molecular weight is 444 g/mol. The van der Waals surface area contributed by atoms with Crippen LogP contribution < -0.4 is 0 Å². The molecule has 1 aliphatic rings. The van der Waals surface area contributed by atoms with Crippen LogP contribution >= 0.6 is 22.9 Å². The Bertz CT molecular complexity index is 1150. The highest BCUT2D eigenvalue weighted by molar-refractivity contribution is 7.17. The van der Waals surface area contributed by atoms with Crippen LogP contribution in [0.4, 0.5) is 0 Å². The summed E-state index contributed by atoms with van der Waals surface area (Å²) in [5.74, 6) is 1.15. The molecule has 0 spiro atoms.